The second-order valence-corrected chi connectivity index (χ2v) is 7.47. The summed E-state index contributed by atoms with van der Waals surface area (Å²) in [6.07, 6.45) is 0.428. The normalized spacial score (nSPS) is 20.5. The third-order valence-electron chi connectivity index (χ3n) is 4.50. The SMILES string of the molecule is CN1CCN(CCC(=O)Nc2cccc(F)c2)CC1C(C)(C)C. The molecular formula is C18H28FN3O. The van der Waals surface area contributed by atoms with Crippen molar-refractivity contribution in [2.75, 3.05) is 38.5 Å². The van der Waals surface area contributed by atoms with Crippen molar-refractivity contribution in [2.24, 2.45) is 5.41 Å². The Hall–Kier alpha value is -1.46. The summed E-state index contributed by atoms with van der Waals surface area (Å²) < 4.78 is 13.1. The van der Waals surface area contributed by atoms with Crippen molar-refractivity contribution in [1.82, 2.24) is 9.80 Å². The van der Waals surface area contributed by atoms with E-state index in [0.717, 1.165) is 26.2 Å². The molecule has 1 aromatic rings. The first kappa shape index (κ1) is 17.9. The third-order valence-corrected chi connectivity index (χ3v) is 4.50. The standard InChI is InChI=1S/C18H28FN3O/c1-18(2,3)16-13-22(11-10-21(16)4)9-8-17(23)20-15-7-5-6-14(19)12-15/h5-7,12,16H,8-11,13H2,1-4H3,(H,20,23). The summed E-state index contributed by atoms with van der Waals surface area (Å²) in [6.45, 7) is 10.5. The van der Waals surface area contributed by atoms with E-state index in [0.29, 0.717) is 18.2 Å². The third kappa shape index (κ3) is 5.29. The molecule has 1 amide bonds. The van der Waals surface area contributed by atoms with Crippen molar-refractivity contribution >= 4 is 11.6 Å². The van der Waals surface area contributed by atoms with Gasteiger partial charge in [0.2, 0.25) is 5.91 Å². The number of nitrogens with zero attached hydrogens (tertiary/aromatic N) is 2. The van der Waals surface area contributed by atoms with E-state index in [1.807, 2.05) is 0 Å². The Balaban J connectivity index is 1.82. The lowest BCUT2D eigenvalue weighted by Crippen LogP contribution is -2.56. The van der Waals surface area contributed by atoms with Gasteiger partial charge >= 0.3 is 0 Å². The number of hydrogen-bond donors (Lipinski definition) is 1. The molecule has 2 rings (SSSR count). The molecule has 0 spiro atoms. The Labute approximate surface area is 138 Å². The average molecular weight is 321 g/mol. The largest absolute Gasteiger partial charge is 0.326 e. The van der Waals surface area contributed by atoms with Gasteiger partial charge in [-0.2, -0.15) is 0 Å². The van der Waals surface area contributed by atoms with Crippen LogP contribution in [0, 0.1) is 11.2 Å². The molecule has 0 saturated carbocycles. The number of rotatable bonds is 4. The summed E-state index contributed by atoms with van der Waals surface area (Å²) in [5.74, 6) is -0.406. The van der Waals surface area contributed by atoms with E-state index in [9.17, 15) is 9.18 Å². The van der Waals surface area contributed by atoms with Crippen LogP contribution in [0.3, 0.4) is 0 Å². The van der Waals surface area contributed by atoms with Crippen LogP contribution in [-0.2, 0) is 4.79 Å². The predicted octanol–water partition coefficient (Wildman–Crippen LogP) is 2.82. The highest BCUT2D eigenvalue weighted by Gasteiger charge is 2.33. The van der Waals surface area contributed by atoms with Crippen molar-refractivity contribution in [3.63, 3.8) is 0 Å². The summed E-state index contributed by atoms with van der Waals surface area (Å²) in [7, 11) is 2.17. The molecule has 1 N–H and O–H groups in total. The molecule has 0 aromatic heterocycles. The zero-order chi connectivity index (χ0) is 17.0. The molecule has 1 aromatic carbocycles. The quantitative estimate of drug-likeness (QED) is 0.926. The van der Waals surface area contributed by atoms with Crippen LogP contribution in [0.25, 0.3) is 0 Å². The van der Waals surface area contributed by atoms with Gasteiger partial charge in [0.15, 0.2) is 0 Å². The van der Waals surface area contributed by atoms with E-state index in [1.165, 1.54) is 12.1 Å². The molecule has 1 saturated heterocycles. The van der Waals surface area contributed by atoms with Gasteiger partial charge in [0.05, 0.1) is 0 Å². The summed E-state index contributed by atoms with van der Waals surface area (Å²) >= 11 is 0. The molecule has 1 aliphatic rings. The number of piperazine rings is 1. The number of nitrogens with one attached hydrogen (secondary N) is 1. The second-order valence-electron chi connectivity index (χ2n) is 7.47. The fraction of sp³-hybridized carbons (Fsp3) is 0.611. The van der Waals surface area contributed by atoms with E-state index in [4.69, 9.17) is 0 Å². The highest BCUT2D eigenvalue weighted by Crippen LogP contribution is 2.26. The van der Waals surface area contributed by atoms with E-state index in [2.05, 4.69) is 42.9 Å². The topological polar surface area (TPSA) is 35.6 Å². The summed E-state index contributed by atoms with van der Waals surface area (Å²) in [4.78, 5) is 16.8. The molecule has 5 heteroatoms. The lowest BCUT2D eigenvalue weighted by molar-refractivity contribution is -0.116. The maximum Gasteiger partial charge on any atom is 0.225 e. The predicted molar refractivity (Wildman–Crippen MR) is 92.0 cm³/mol. The minimum atomic E-state index is -0.338. The number of hydrogen-bond acceptors (Lipinski definition) is 3. The first-order valence-corrected chi connectivity index (χ1v) is 8.24. The van der Waals surface area contributed by atoms with Gasteiger partial charge in [-0.25, -0.2) is 4.39 Å². The van der Waals surface area contributed by atoms with Crippen LogP contribution in [0.5, 0.6) is 0 Å². The second kappa shape index (κ2) is 7.41. The zero-order valence-corrected chi connectivity index (χ0v) is 14.6. The molecule has 0 aliphatic carbocycles. The smallest absolute Gasteiger partial charge is 0.225 e. The number of halogens is 1. The molecule has 4 nitrogen and oxygen atoms in total. The van der Waals surface area contributed by atoms with Crippen molar-refractivity contribution in [3.8, 4) is 0 Å². The number of carbonyl (C=O) groups excluding carboxylic acids is 1. The Morgan fingerprint density at radius 3 is 2.74 bits per heavy atom. The summed E-state index contributed by atoms with van der Waals surface area (Å²) in [5, 5.41) is 2.76. The van der Waals surface area contributed by atoms with E-state index in [-0.39, 0.29) is 17.1 Å². The lowest BCUT2D eigenvalue weighted by Gasteiger charge is -2.45. The van der Waals surface area contributed by atoms with Crippen molar-refractivity contribution in [2.45, 2.75) is 33.2 Å². The van der Waals surface area contributed by atoms with Crippen LogP contribution in [0.1, 0.15) is 27.2 Å². The highest BCUT2D eigenvalue weighted by atomic mass is 19.1. The first-order valence-electron chi connectivity index (χ1n) is 8.24. The maximum atomic E-state index is 13.1. The molecule has 1 aliphatic heterocycles. The Bertz CT molecular complexity index is 541. The summed E-state index contributed by atoms with van der Waals surface area (Å²) in [5.41, 5.74) is 0.734. The molecule has 0 radical (unpaired) electrons. The zero-order valence-electron chi connectivity index (χ0n) is 14.6. The van der Waals surface area contributed by atoms with Gasteiger partial charge < -0.3 is 10.2 Å². The average Bonchev–Trinajstić information content (AvgIpc) is 2.45. The fourth-order valence-electron chi connectivity index (χ4n) is 3.12. The molecule has 1 fully saturated rings. The van der Waals surface area contributed by atoms with Gasteiger partial charge in [-0.15, -0.1) is 0 Å². The minimum absolute atomic E-state index is 0.0677. The van der Waals surface area contributed by atoms with Gasteiger partial charge in [0.1, 0.15) is 5.82 Å². The molecule has 1 heterocycles. The number of benzene rings is 1. The number of anilines is 1. The number of carbonyl (C=O) groups is 1. The Morgan fingerprint density at radius 2 is 2.09 bits per heavy atom. The van der Waals surface area contributed by atoms with Crippen molar-refractivity contribution in [1.29, 1.82) is 0 Å². The minimum Gasteiger partial charge on any atom is -0.326 e. The first-order chi connectivity index (χ1) is 10.8. The van der Waals surface area contributed by atoms with Gasteiger partial charge in [0.25, 0.3) is 0 Å². The molecule has 23 heavy (non-hydrogen) atoms. The molecule has 1 unspecified atom stereocenters. The van der Waals surface area contributed by atoms with Crippen LogP contribution in [-0.4, -0.2) is 55.0 Å². The Morgan fingerprint density at radius 1 is 1.35 bits per heavy atom. The summed E-state index contributed by atoms with van der Waals surface area (Å²) in [6, 6.07) is 6.49. The van der Waals surface area contributed by atoms with Crippen LogP contribution in [0.2, 0.25) is 0 Å². The monoisotopic (exact) mass is 321 g/mol. The fourth-order valence-corrected chi connectivity index (χ4v) is 3.12. The van der Waals surface area contributed by atoms with E-state index in [1.54, 1.807) is 12.1 Å². The lowest BCUT2D eigenvalue weighted by atomic mass is 9.84. The van der Waals surface area contributed by atoms with Crippen LogP contribution in [0.4, 0.5) is 10.1 Å². The van der Waals surface area contributed by atoms with Gasteiger partial charge in [-0.3, -0.25) is 9.69 Å². The Kier molecular flexibility index (Phi) is 5.76. The van der Waals surface area contributed by atoms with Crippen LogP contribution < -0.4 is 5.32 Å². The maximum absolute atomic E-state index is 13.1. The number of likely N-dealkylation sites (N-methyl/N-ethyl adjacent to an activating group) is 1. The van der Waals surface area contributed by atoms with Gasteiger partial charge in [-0.1, -0.05) is 26.8 Å². The molecule has 1 atom stereocenters. The highest BCUT2D eigenvalue weighted by molar-refractivity contribution is 5.90. The van der Waals surface area contributed by atoms with Crippen molar-refractivity contribution in [3.05, 3.63) is 30.1 Å². The van der Waals surface area contributed by atoms with Crippen LogP contribution >= 0.6 is 0 Å². The van der Waals surface area contributed by atoms with Gasteiger partial charge in [0, 0.05) is 44.3 Å². The molecule has 128 valence electrons. The molecular weight excluding hydrogens is 293 g/mol. The van der Waals surface area contributed by atoms with E-state index < -0.39 is 0 Å². The van der Waals surface area contributed by atoms with E-state index >= 15 is 0 Å². The number of amides is 1. The van der Waals surface area contributed by atoms with Gasteiger partial charge in [-0.05, 0) is 30.7 Å². The van der Waals surface area contributed by atoms with Crippen LogP contribution in [0.15, 0.2) is 24.3 Å². The van der Waals surface area contributed by atoms with Crippen molar-refractivity contribution < 1.29 is 9.18 Å². The molecule has 0 bridgehead atoms.